The van der Waals surface area contributed by atoms with Gasteiger partial charge in [0.2, 0.25) is 10.0 Å². The van der Waals surface area contributed by atoms with E-state index in [1.165, 1.54) is 15.9 Å². The molecule has 0 aliphatic heterocycles. The minimum atomic E-state index is -3.63. The molecular formula is C23H21N5O4S2. The van der Waals surface area contributed by atoms with E-state index < -0.39 is 21.3 Å². The predicted octanol–water partition coefficient (Wildman–Crippen LogP) is 2.65. The molecule has 0 saturated heterocycles. The highest BCUT2D eigenvalue weighted by Crippen LogP contribution is 2.28. The quantitative estimate of drug-likeness (QED) is 0.360. The van der Waals surface area contributed by atoms with Gasteiger partial charge in [-0.2, -0.15) is 0 Å². The number of aromatic nitrogens is 4. The van der Waals surface area contributed by atoms with Crippen LogP contribution >= 0.6 is 11.3 Å². The summed E-state index contributed by atoms with van der Waals surface area (Å²) in [6.07, 6.45) is 1.54. The van der Waals surface area contributed by atoms with Gasteiger partial charge in [0, 0.05) is 17.8 Å². The zero-order valence-electron chi connectivity index (χ0n) is 18.2. The number of aryl methyl sites for hydroxylation is 1. The molecule has 0 aliphatic carbocycles. The highest BCUT2D eigenvalue weighted by molar-refractivity contribution is 7.91. The Morgan fingerprint density at radius 2 is 1.79 bits per heavy atom. The molecule has 3 aromatic heterocycles. The third-order valence-corrected chi connectivity index (χ3v) is 8.58. The van der Waals surface area contributed by atoms with Crippen molar-refractivity contribution in [2.24, 2.45) is 0 Å². The van der Waals surface area contributed by atoms with Crippen molar-refractivity contribution in [2.45, 2.75) is 30.8 Å². The van der Waals surface area contributed by atoms with Gasteiger partial charge in [-0.3, -0.25) is 14.3 Å². The number of nitrogens with one attached hydrogen (secondary N) is 2. The molecule has 0 saturated carbocycles. The monoisotopic (exact) mass is 495 g/mol. The Kier molecular flexibility index (Phi) is 5.68. The van der Waals surface area contributed by atoms with Gasteiger partial charge in [0.05, 0.1) is 12.9 Å². The molecule has 0 bridgehead atoms. The maximum absolute atomic E-state index is 12.7. The van der Waals surface area contributed by atoms with Crippen molar-refractivity contribution in [3.8, 4) is 0 Å². The van der Waals surface area contributed by atoms with Gasteiger partial charge in [-0.05, 0) is 35.6 Å². The lowest BCUT2D eigenvalue weighted by molar-refractivity contribution is 0.583. The highest BCUT2D eigenvalue weighted by Gasteiger charge is 2.17. The lowest BCUT2D eigenvalue weighted by Gasteiger charge is -2.09. The van der Waals surface area contributed by atoms with Crippen molar-refractivity contribution in [2.75, 3.05) is 0 Å². The number of thiophene rings is 1. The van der Waals surface area contributed by atoms with Gasteiger partial charge in [-0.15, -0.1) is 11.3 Å². The van der Waals surface area contributed by atoms with Crippen molar-refractivity contribution in [1.82, 2.24) is 23.8 Å². The maximum atomic E-state index is 12.7. The molecule has 11 heteroatoms. The Morgan fingerprint density at radius 3 is 2.53 bits per heavy atom. The smallest absolute Gasteiger partial charge is 0.325 e. The molecule has 0 amide bonds. The number of rotatable bonds is 7. The van der Waals surface area contributed by atoms with Crippen LogP contribution in [0, 0.1) is 0 Å². The summed E-state index contributed by atoms with van der Waals surface area (Å²) in [5.74, 6) is 0. The fourth-order valence-electron chi connectivity index (χ4n) is 3.79. The molecule has 0 spiro atoms. The van der Waals surface area contributed by atoms with E-state index in [-0.39, 0.29) is 17.3 Å². The van der Waals surface area contributed by atoms with Gasteiger partial charge in [0.1, 0.15) is 4.21 Å². The fourth-order valence-corrected chi connectivity index (χ4v) is 6.25. The topological polar surface area (TPSA) is 119 Å². The number of aromatic amines is 1. The summed E-state index contributed by atoms with van der Waals surface area (Å²) in [7, 11) is -3.63. The average Bonchev–Trinajstić information content (AvgIpc) is 3.46. The van der Waals surface area contributed by atoms with E-state index in [9.17, 15) is 18.0 Å². The van der Waals surface area contributed by atoms with Crippen molar-refractivity contribution in [3.63, 3.8) is 0 Å². The molecule has 34 heavy (non-hydrogen) atoms. The molecule has 174 valence electrons. The lowest BCUT2D eigenvalue weighted by Crippen LogP contribution is -2.31. The van der Waals surface area contributed by atoms with Gasteiger partial charge in [-0.25, -0.2) is 22.9 Å². The largest absolute Gasteiger partial charge is 0.330 e. The van der Waals surface area contributed by atoms with Crippen LogP contribution in [0.3, 0.4) is 0 Å². The molecule has 0 radical (unpaired) electrons. The number of hydrogen-bond donors (Lipinski definition) is 2. The van der Waals surface area contributed by atoms with Gasteiger partial charge in [0.15, 0.2) is 11.2 Å². The summed E-state index contributed by atoms with van der Waals surface area (Å²) >= 11 is 1.23. The van der Waals surface area contributed by atoms with Crippen LogP contribution in [-0.4, -0.2) is 27.5 Å². The summed E-state index contributed by atoms with van der Waals surface area (Å²) in [5, 5.41) is 0.896. The molecule has 0 aliphatic rings. The van der Waals surface area contributed by atoms with E-state index in [1.807, 2.05) is 43.3 Å². The van der Waals surface area contributed by atoms with E-state index >= 15 is 0 Å². The zero-order chi connectivity index (χ0) is 23.9. The standard InChI is InChI=1S/C23H21N5O4S2/c1-2-27-14-24-21-20(27)22(29)26-23(30)28(21)13-16-9-7-15(8-10-16)12-25-34(31,32)19-11-17-5-3-4-6-18(17)33-19/h3-11,14,25H,2,12-13H2,1H3,(H,26,29,30). The van der Waals surface area contributed by atoms with E-state index in [0.29, 0.717) is 17.7 Å². The average molecular weight is 496 g/mol. The second-order valence-corrected chi connectivity index (χ2v) is 10.9. The van der Waals surface area contributed by atoms with E-state index in [0.717, 1.165) is 21.2 Å². The molecule has 2 N–H and O–H groups in total. The molecular weight excluding hydrogens is 474 g/mol. The molecule has 5 rings (SSSR count). The Bertz CT molecular complexity index is 1690. The van der Waals surface area contributed by atoms with Crippen LogP contribution in [0.1, 0.15) is 18.1 Å². The fraction of sp³-hybridized carbons (Fsp3) is 0.174. The number of H-pyrrole nitrogens is 1. The second-order valence-electron chi connectivity index (χ2n) is 7.79. The van der Waals surface area contributed by atoms with E-state index in [1.54, 1.807) is 29.1 Å². The Balaban J connectivity index is 1.33. The first-order chi connectivity index (χ1) is 16.4. The summed E-state index contributed by atoms with van der Waals surface area (Å²) < 4.78 is 32.4. The van der Waals surface area contributed by atoms with Crippen LogP contribution in [0.15, 0.2) is 74.7 Å². The van der Waals surface area contributed by atoms with E-state index in [4.69, 9.17) is 0 Å². The van der Waals surface area contributed by atoms with E-state index in [2.05, 4.69) is 14.7 Å². The molecule has 2 aromatic carbocycles. The number of hydrogen-bond acceptors (Lipinski definition) is 6. The number of fused-ring (bicyclic) bond motifs is 2. The highest BCUT2D eigenvalue weighted by atomic mass is 32.2. The Morgan fingerprint density at radius 1 is 1.06 bits per heavy atom. The molecule has 0 atom stereocenters. The summed E-state index contributed by atoms with van der Waals surface area (Å²) in [4.78, 5) is 31.2. The minimum absolute atomic E-state index is 0.139. The number of benzene rings is 2. The van der Waals surface area contributed by atoms with Crippen molar-refractivity contribution in [3.05, 3.63) is 92.9 Å². The Hall–Kier alpha value is -3.54. The number of imidazole rings is 1. The first kappa shape index (κ1) is 22.3. The molecule has 0 fully saturated rings. The second kappa shape index (κ2) is 8.67. The lowest BCUT2D eigenvalue weighted by atomic mass is 10.1. The maximum Gasteiger partial charge on any atom is 0.330 e. The van der Waals surface area contributed by atoms with Crippen LogP contribution < -0.4 is 16.0 Å². The first-order valence-corrected chi connectivity index (χ1v) is 12.9. The predicted molar refractivity (Wildman–Crippen MR) is 132 cm³/mol. The molecule has 5 aromatic rings. The zero-order valence-corrected chi connectivity index (χ0v) is 19.8. The van der Waals surface area contributed by atoms with Crippen molar-refractivity contribution >= 4 is 42.6 Å². The summed E-state index contributed by atoms with van der Waals surface area (Å²) in [6.45, 7) is 2.81. The van der Waals surface area contributed by atoms with Crippen LogP contribution in [0.5, 0.6) is 0 Å². The van der Waals surface area contributed by atoms with Crippen molar-refractivity contribution < 1.29 is 8.42 Å². The van der Waals surface area contributed by atoms with Crippen LogP contribution in [-0.2, 0) is 29.7 Å². The van der Waals surface area contributed by atoms with Gasteiger partial charge < -0.3 is 4.57 Å². The van der Waals surface area contributed by atoms with Gasteiger partial charge >= 0.3 is 5.69 Å². The Labute approximate surface area is 198 Å². The molecule has 9 nitrogen and oxygen atoms in total. The molecule has 3 heterocycles. The minimum Gasteiger partial charge on any atom is -0.325 e. The van der Waals surface area contributed by atoms with Gasteiger partial charge in [0.25, 0.3) is 5.56 Å². The first-order valence-electron chi connectivity index (χ1n) is 10.6. The van der Waals surface area contributed by atoms with Crippen LogP contribution in [0.25, 0.3) is 21.3 Å². The third-order valence-electron chi connectivity index (χ3n) is 5.59. The van der Waals surface area contributed by atoms with Crippen LogP contribution in [0.4, 0.5) is 0 Å². The third kappa shape index (κ3) is 4.09. The normalized spacial score (nSPS) is 12.0. The van der Waals surface area contributed by atoms with Gasteiger partial charge in [-0.1, -0.05) is 42.5 Å². The van der Waals surface area contributed by atoms with Crippen LogP contribution in [0.2, 0.25) is 0 Å². The molecule has 0 unspecified atom stereocenters. The summed E-state index contributed by atoms with van der Waals surface area (Å²) in [5.41, 5.74) is 1.29. The number of sulfonamides is 1. The SMILES string of the molecule is CCn1cnc2c1c(=O)[nH]c(=O)n2Cc1ccc(CNS(=O)(=O)c2cc3ccccc3s2)cc1. The van der Waals surface area contributed by atoms with Crippen molar-refractivity contribution in [1.29, 1.82) is 0 Å². The summed E-state index contributed by atoms with van der Waals surface area (Å²) in [6, 6.07) is 16.5. The number of nitrogens with zero attached hydrogens (tertiary/aromatic N) is 3.